The Morgan fingerprint density at radius 2 is 1.69 bits per heavy atom. The zero-order valence-corrected chi connectivity index (χ0v) is 8.93. The minimum Gasteiger partial charge on any atom is -0.325 e. The quantitative estimate of drug-likeness (QED) is 0.421. The molecule has 0 unspecified atom stereocenters. The van der Waals surface area contributed by atoms with E-state index in [0.717, 1.165) is 5.75 Å². The lowest BCUT2D eigenvalue weighted by molar-refractivity contribution is -0.0793. The van der Waals surface area contributed by atoms with Crippen LogP contribution < -0.4 is 4.89 Å². The van der Waals surface area contributed by atoms with Crippen LogP contribution in [-0.2, 0) is 4.33 Å². The van der Waals surface area contributed by atoms with Crippen LogP contribution in [0.5, 0.6) is 5.75 Å². The normalized spacial score (nSPS) is 11.3. The lowest BCUT2D eigenvalue weighted by Gasteiger charge is -2.14. The molecule has 0 aliphatic carbocycles. The van der Waals surface area contributed by atoms with E-state index in [1.165, 1.54) is 12.0 Å². The van der Waals surface area contributed by atoms with Crippen LogP contribution in [-0.4, -0.2) is 4.75 Å². The maximum atomic E-state index is 5.04. The van der Waals surface area contributed by atoms with E-state index >= 15 is 0 Å². The fourth-order valence-corrected chi connectivity index (χ4v) is 0.951. The standard InChI is InChI=1S/C10H14O2S/c1-10(2,3)13-12-11-9-7-5-4-6-8-9/h4-8H,1-3H3. The maximum absolute atomic E-state index is 5.04. The summed E-state index contributed by atoms with van der Waals surface area (Å²) in [6.45, 7) is 6.18. The molecule has 1 rings (SSSR count). The molecular weight excluding hydrogens is 184 g/mol. The summed E-state index contributed by atoms with van der Waals surface area (Å²) in [7, 11) is 0. The summed E-state index contributed by atoms with van der Waals surface area (Å²) >= 11 is 1.31. The molecule has 3 heteroatoms. The van der Waals surface area contributed by atoms with Gasteiger partial charge in [-0.2, -0.15) is 0 Å². The lowest BCUT2D eigenvalue weighted by Crippen LogP contribution is -2.09. The third-order valence-electron chi connectivity index (χ3n) is 1.16. The Labute approximate surface area is 83.4 Å². The van der Waals surface area contributed by atoms with E-state index in [-0.39, 0.29) is 4.75 Å². The van der Waals surface area contributed by atoms with Crippen LogP contribution >= 0.6 is 12.0 Å². The van der Waals surface area contributed by atoms with Gasteiger partial charge in [0.05, 0.1) is 12.0 Å². The van der Waals surface area contributed by atoms with Crippen LogP contribution in [0.4, 0.5) is 0 Å². The molecule has 0 fully saturated rings. The van der Waals surface area contributed by atoms with E-state index in [0.29, 0.717) is 0 Å². The van der Waals surface area contributed by atoms with Crippen LogP contribution in [0.3, 0.4) is 0 Å². The van der Waals surface area contributed by atoms with Crippen molar-refractivity contribution in [2.45, 2.75) is 25.5 Å². The molecule has 1 aromatic rings. The first-order chi connectivity index (χ1) is 6.08. The molecule has 0 spiro atoms. The Morgan fingerprint density at radius 1 is 1.08 bits per heavy atom. The Morgan fingerprint density at radius 3 is 2.23 bits per heavy atom. The molecule has 0 saturated heterocycles. The summed E-state index contributed by atoms with van der Waals surface area (Å²) < 4.78 is 5.05. The SMILES string of the molecule is CC(C)(C)SOOc1ccccc1. The number of hydrogen-bond donors (Lipinski definition) is 0. The number of benzene rings is 1. The molecule has 0 radical (unpaired) electrons. The van der Waals surface area contributed by atoms with Gasteiger partial charge in [0.25, 0.3) is 0 Å². The zero-order valence-electron chi connectivity index (χ0n) is 8.11. The highest BCUT2D eigenvalue weighted by molar-refractivity contribution is 7.95. The monoisotopic (exact) mass is 198 g/mol. The van der Waals surface area contributed by atoms with Crippen molar-refractivity contribution >= 4 is 12.0 Å². The van der Waals surface area contributed by atoms with E-state index in [4.69, 9.17) is 9.22 Å². The van der Waals surface area contributed by atoms with Gasteiger partial charge in [0.1, 0.15) is 0 Å². The molecule has 0 N–H and O–H groups in total. The third-order valence-corrected chi connectivity index (χ3v) is 1.79. The highest BCUT2D eigenvalue weighted by Gasteiger charge is 2.12. The van der Waals surface area contributed by atoms with Gasteiger partial charge in [0.15, 0.2) is 5.75 Å². The summed E-state index contributed by atoms with van der Waals surface area (Å²) in [6, 6.07) is 9.44. The summed E-state index contributed by atoms with van der Waals surface area (Å²) in [5.41, 5.74) is 0. The fraction of sp³-hybridized carbons (Fsp3) is 0.400. The second kappa shape index (κ2) is 4.53. The highest BCUT2D eigenvalue weighted by atomic mass is 32.2. The van der Waals surface area contributed by atoms with Gasteiger partial charge in [-0.05, 0) is 32.9 Å². The Hall–Kier alpha value is -0.670. The van der Waals surface area contributed by atoms with Crippen molar-refractivity contribution in [3.8, 4) is 5.75 Å². The molecule has 13 heavy (non-hydrogen) atoms. The van der Waals surface area contributed by atoms with Gasteiger partial charge in [-0.25, -0.2) is 0 Å². The number of rotatable bonds is 3. The maximum Gasteiger partial charge on any atom is 0.166 e. The van der Waals surface area contributed by atoms with Crippen LogP contribution in [0, 0.1) is 0 Å². The molecule has 0 atom stereocenters. The second-order valence-corrected chi connectivity index (χ2v) is 5.19. The molecule has 72 valence electrons. The van der Waals surface area contributed by atoms with E-state index in [1.807, 2.05) is 30.3 Å². The highest BCUT2D eigenvalue weighted by Crippen LogP contribution is 2.25. The first-order valence-electron chi connectivity index (χ1n) is 4.15. The van der Waals surface area contributed by atoms with Crippen LogP contribution in [0.25, 0.3) is 0 Å². The van der Waals surface area contributed by atoms with Crippen molar-refractivity contribution in [3.63, 3.8) is 0 Å². The molecule has 2 nitrogen and oxygen atoms in total. The van der Waals surface area contributed by atoms with Gasteiger partial charge < -0.3 is 4.89 Å². The van der Waals surface area contributed by atoms with E-state index in [1.54, 1.807) is 0 Å². The Bertz CT molecular complexity index is 241. The predicted octanol–water partition coefficient (Wildman–Crippen LogP) is 3.44. The molecule has 0 aliphatic heterocycles. The largest absolute Gasteiger partial charge is 0.325 e. The average molecular weight is 198 g/mol. The smallest absolute Gasteiger partial charge is 0.166 e. The number of hydrogen-bond acceptors (Lipinski definition) is 3. The van der Waals surface area contributed by atoms with Gasteiger partial charge in [0.2, 0.25) is 0 Å². The zero-order chi connectivity index (χ0) is 9.73. The van der Waals surface area contributed by atoms with Crippen LogP contribution in [0.2, 0.25) is 0 Å². The van der Waals surface area contributed by atoms with E-state index in [2.05, 4.69) is 20.8 Å². The first-order valence-corrected chi connectivity index (χ1v) is 4.89. The summed E-state index contributed by atoms with van der Waals surface area (Å²) in [5, 5.41) is 0. The predicted molar refractivity (Wildman–Crippen MR) is 55.5 cm³/mol. The van der Waals surface area contributed by atoms with Crippen molar-refractivity contribution in [3.05, 3.63) is 30.3 Å². The van der Waals surface area contributed by atoms with Crippen LogP contribution in [0.1, 0.15) is 20.8 Å². The Balaban J connectivity index is 2.29. The summed E-state index contributed by atoms with van der Waals surface area (Å²) in [6.07, 6.45) is 0. The minimum atomic E-state index is 0.0504. The molecule has 1 aromatic carbocycles. The molecule has 0 amide bonds. The van der Waals surface area contributed by atoms with Crippen molar-refractivity contribution in [2.75, 3.05) is 0 Å². The van der Waals surface area contributed by atoms with Crippen molar-refractivity contribution in [1.82, 2.24) is 0 Å². The third kappa shape index (κ3) is 4.80. The van der Waals surface area contributed by atoms with E-state index < -0.39 is 0 Å². The topological polar surface area (TPSA) is 18.5 Å². The molecule has 0 heterocycles. The minimum absolute atomic E-state index is 0.0504. The molecular formula is C10H14O2S. The summed E-state index contributed by atoms with van der Waals surface area (Å²) in [5.74, 6) is 0.722. The van der Waals surface area contributed by atoms with Gasteiger partial charge >= 0.3 is 0 Å². The van der Waals surface area contributed by atoms with Crippen molar-refractivity contribution in [1.29, 1.82) is 0 Å². The second-order valence-electron chi connectivity index (χ2n) is 3.66. The van der Waals surface area contributed by atoms with Gasteiger partial charge in [-0.15, -0.1) is 4.33 Å². The molecule has 0 bridgehead atoms. The molecule has 0 aromatic heterocycles. The average Bonchev–Trinajstić information content (AvgIpc) is 2.04. The first kappa shape index (κ1) is 10.4. The number of para-hydroxylation sites is 1. The van der Waals surface area contributed by atoms with Gasteiger partial charge in [0, 0.05) is 4.75 Å². The van der Waals surface area contributed by atoms with E-state index in [9.17, 15) is 0 Å². The summed E-state index contributed by atoms with van der Waals surface area (Å²) in [4.78, 5) is 5.04. The van der Waals surface area contributed by atoms with Gasteiger partial charge in [-0.3, -0.25) is 0 Å². The van der Waals surface area contributed by atoms with Crippen LogP contribution in [0.15, 0.2) is 30.3 Å². The molecule has 0 aliphatic rings. The molecule has 0 saturated carbocycles. The lowest BCUT2D eigenvalue weighted by atomic mass is 10.3. The van der Waals surface area contributed by atoms with Gasteiger partial charge in [-0.1, -0.05) is 18.2 Å². The van der Waals surface area contributed by atoms with Crippen molar-refractivity contribution < 1.29 is 9.22 Å². The van der Waals surface area contributed by atoms with Crippen molar-refractivity contribution in [2.24, 2.45) is 0 Å². The Kier molecular flexibility index (Phi) is 3.63. The fourth-order valence-electron chi connectivity index (χ4n) is 0.634.